The fraction of sp³-hybridized carbons (Fsp3) is 0.318. The highest BCUT2D eigenvalue weighted by molar-refractivity contribution is 9.10. The highest BCUT2D eigenvalue weighted by atomic mass is 79.9. The third kappa shape index (κ3) is 6.09. The number of anilines is 1. The predicted octanol–water partition coefficient (Wildman–Crippen LogP) is 5.88. The van der Waals surface area contributed by atoms with E-state index in [2.05, 4.69) is 45.3 Å². The van der Waals surface area contributed by atoms with Crippen molar-refractivity contribution in [2.75, 3.05) is 11.1 Å². The van der Waals surface area contributed by atoms with Gasteiger partial charge in [0.1, 0.15) is 5.75 Å². The Morgan fingerprint density at radius 1 is 1.17 bits per heavy atom. The van der Waals surface area contributed by atoms with Crippen LogP contribution in [0.5, 0.6) is 5.75 Å². The number of aromatic nitrogens is 2. The molecule has 1 heterocycles. The molecule has 3 rings (SSSR count). The zero-order valence-corrected chi connectivity index (χ0v) is 19.8. The van der Waals surface area contributed by atoms with Gasteiger partial charge < -0.3 is 14.5 Å². The van der Waals surface area contributed by atoms with Gasteiger partial charge in [-0.15, -0.1) is 10.2 Å². The van der Waals surface area contributed by atoms with E-state index in [0.29, 0.717) is 17.0 Å². The first-order valence-corrected chi connectivity index (χ1v) is 11.3. The van der Waals surface area contributed by atoms with Gasteiger partial charge in [0.05, 0.1) is 11.4 Å². The first kappa shape index (κ1) is 22.4. The van der Waals surface area contributed by atoms with Crippen molar-refractivity contribution in [2.45, 2.75) is 45.4 Å². The maximum Gasteiger partial charge on any atom is 0.277 e. The predicted molar refractivity (Wildman–Crippen MR) is 122 cm³/mol. The number of halogens is 1. The lowest BCUT2D eigenvalue weighted by molar-refractivity contribution is -0.113. The quantitative estimate of drug-likeness (QED) is 0.398. The van der Waals surface area contributed by atoms with Crippen molar-refractivity contribution in [1.82, 2.24) is 10.2 Å². The third-order valence-electron chi connectivity index (χ3n) is 4.54. The van der Waals surface area contributed by atoms with Gasteiger partial charge in [0.25, 0.3) is 11.1 Å². The molecule has 0 radical (unpaired) electrons. The normalized spacial score (nSPS) is 11.0. The minimum atomic E-state index is -0.148. The maximum atomic E-state index is 12.3. The summed E-state index contributed by atoms with van der Waals surface area (Å²) in [4.78, 5) is 12.3. The number of ether oxygens (including phenoxy) is 1. The summed E-state index contributed by atoms with van der Waals surface area (Å²) >= 11 is 4.67. The number of carbonyl (C=O) groups excluding carboxylic acids is 1. The molecule has 0 fully saturated rings. The van der Waals surface area contributed by atoms with Crippen molar-refractivity contribution in [3.05, 3.63) is 63.5 Å². The van der Waals surface area contributed by atoms with Gasteiger partial charge in [-0.3, -0.25) is 4.79 Å². The Morgan fingerprint density at radius 3 is 2.57 bits per heavy atom. The molecule has 0 aliphatic heterocycles. The fourth-order valence-electron chi connectivity index (χ4n) is 2.64. The average Bonchev–Trinajstić information content (AvgIpc) is 3.17. The lowest BCUT2D eigenvalue weighted by atomic mass is 10.0. The smallest absolute Gasteiger partial charge is 0.277 e. The van der Waals surface area contributed by atoms with E-state index < -0.39 is 0 Å². The number of nitrogens with one attached hydrogen (secondary N) is 1. The van der Waals surface area contributed by atoms with E-state index in [9.17, 15) is 4.79 Å². The van der Waals surface area contributed by atoms with Crippen molar-refractivity contribution < 1.29 is 13.9 Å². The van der Waals surface area contributed by atoms with E-state index in [1.807, 2.05) is 50.2 Å². The summed E-state index contributed by atoms with van der Waals surface area (Å²) in [5.74, 6) is 1.60. The summed E-state index contributed by atoms with van der Waals surface area (Å²) in [5.41, 5.74) is 4.27. The summed E-state index contributed by atoms with van der Waals surface area (Å²) in [5, 5.41) is 11.2. The maximum absolute atomic E-state index is 12.3. The molecule has 0 atom stereocenters. The molecule has 0 saturated heterocycles. The molecule has 6 nitrogen and oxygen atoms in total. The van der Waals surface area contributed by atoms with E-state index in [0.717, 1.165) is 27.0 Å². The second-order valence-electron chi connectivity index (χ2n) is 7.23. The van der Waals surface area contributed by atoms with Gasteiger partial charge >= 0.3 is 0 Å². The van der Waals surface area contributed by atoms with Crippen molar-refractivity contribution in [1.29, 1.82) is 0 Å². The van der Waals surface area contributed by atoms with Crippen molar-refractivity contribution >= 4 is 39.3 Å². The summed E-state index contributed by atoms with van der Waals surface area (Å²) in [6, 6.07) is 11.9. The highest BCUT2D eigenvalue weighted by Gasteiger charge is 2.12. The van der Waals surface area contributed by atoms with Crippen LogP contribution in [0.1, 0.15) is 42.3 Å². The largest absolute Gasteiger partial charge is 0.484 e. The summed E-state index contributed by atoms with van der Waals surface area (Å²) in [7, 11) is 0. The van der Waals surface area contributed by atoms with Crippen LogP contribution in [0, 0.1) is 13.8 Å². The van der Waals surface area contributed by atoms with Crippen molar-refractivity contribution in [3.8, 4) is 5.75 Å². The molecule has 0 bridgehead atoms. The molecule has 0 aliphatic carbocycles. The van der Waals surface area contributed by atoms with Gasteiger partial charge in [-0.2, -0.15) is 0 Å². The van der Waals surface area contributed by atoms with Crippen LogP contribution in [0.3, 0.4) is 0 Å². The number of nitrogens with zero attached hydrogens (tertiary/aromatic N) is 2. The zero-order chi connectivity index (χ0) is 21.7. The Balaban J connectivity index is 1.48. The molecule has 2 aromatic carbocycles. The number of rotatable bonds is 8. The standard InChI is InChI=1S/C22H24BrN3O3S/c1-13(2)16-5-7-17(8-6-16)28-11-21-25-26-22(29-21)30-12-20(27)24-19-10-15(4)14(3)9-18(19)23/h5-10,13H,11-12H2,1-4H3,(H,24,27). The van der Waals surface area contributed by atoms with E-state index in [4.69, 9.17) is 9.15 Å². The molecular formula is C22H24BrN3O3S. The van der Waals surface area contributed by atoms with E-state index >= 15 is 0 Å². The summed E-state index contributed by atoms with van der Waals surface area (Å²) in [6.07, 6.45) is 0. The zero-order valence-electron chi connectivity index (χ0n) is 17.4. The average molecular weight is 490 g/mol. The molecule has 3 aromatic rings. The first-order chi connectivity index (χ1) is 14.3. The van der Waals surface area contributed by atoms with Crippen LogP contribution in [0.25, 0.3) is 0 Å². The number of hydrogen-bond donors (Lipinski definition) is 1. The minimum absolute atomic E-state index is 0.148. The molecular weight excluding hydrogens is 466 g/mol. The monoisotopic (exact) mass is 489 g/mol. The molecule has 0 unspecified atom stereocenters. The van der Waals surface area contributed by atoms with Crippen molar-refractivity contribution in [3.63, 3.8) is 0 Å². The fourth-order valence-corrected chi connectivity index (χ4v) is 3.78. The Morgan fingerprint density at radius 2 is 1.87 bits per heavy atom. The highest BCUT2D eigenvalue weighted by Crippen LogP contribution is 2.27. The molecule has 0 spiro atoms. The first-order valence-electron chi connectivity index (χ1n) is 9.56. The summed E-state index contributed by atoms with van der Waals surface area (Å²) in [6.45, 7) is 8.51. The second-order valence-corrected chi connectivity index (χ2v) is 9.01. The third-order valence-corrected chi connectivity index (χ3v) is 6.02. The van der Waals surface area contributed by atoms with Crippen LogP contribution in [-0.2, 0) is 11.4 Å². The Kier molecular flexibility index (Phi) is 7.55. The van der Waals surface area contributed by atoms with Crippen LogP contribution < -0.4 is 10.1 Å². The molecule has 30 heavy (non-hydrogen) atoms. The number of hydrogen-bond acceptors (Lipinski definition) is 6. The number of thioether (sulfide) groups is 1. The van der Waals surface area contributed by atoms with Crippen LogP contribution in [0.15, 0.2) is 50.5 Å². The number of aryl methyl sites for hydroxylation is 2. The van der Waals surface area contributed by atoms with Crippen LogP contribution >= 0.6 is 27.7 Å². The Bertz CT molecular complexity index is 1020. The van der Waals surface area contributed by atoms with Crippen LogP contribution in [-0.4, -0.2) is 21.9 Å². The molecule has 158 valence electrons. The molecule has 0 aliphatic rings. The molecule has 1 amide bonds. The van der Waals surface area contributed by atoms with Crippen molar-refractivity contribution in [2.24, 2.45) is 0 Å². The summed E-state index contributed by atoms with van der Waals surface area (Å²) < 4.78 is 12.1. The Labute approximate surface area is 188 Å². The van der Waals surface area contributed by atoms with Gasteiger partial charge in [-0.25, -0.2) is 0 Å². The SMILES string of the molecule is Cc1cc(Br)c(NC(=O)CSc2nnc(COc3ccc(C(C)C)cc3)o2)cc1C. The number of amides is 1. The van der Waals surface area contributed by atoms with E-state index in [-0.39, 0.29) is 18.3 Å². The van der Waals surface area contributed by atoms with Gasteiger partial charge in [-0.05, 0) is 76.7 Å². The van der Waals surface area contributed by atoms with E-state index in [1.54, 1.807) is 0 Å². The molecule has 0 saturated carbocycles. The lowest BCUT2D eigenvalue weighted by Crippen LogP contribution is -2.14. The topological polar surface area (TPSA) is 77.2 Å². The van der Waals surface area contributed by atoms with Crippen LogP contribution in [0.4, 0.5) is 5.69 Å². The molecule has 1 aromatic heterocycles. The van der Waals surface area contributed by atoms with E-state index in [1.165, 1.54) is 17.3 Å². The molecule has 8 heteroatoms. The Hall–Kier alpha value is -2.32. The van der Waals surface area contributed by atoms with Gasteiger partial charge in [0, 0.05) is 4.47 Å². The van der Waals surface area contributed by atoms with Gasteiger partial charge in [-0.1, -0.05) is 37.7 Å². The molecule has 1 N–H and O–H groups in total. The second kappa shape index (κ2) is 10.1. The number of benzene rings is 2. The number of carbonyl (C=O) groups is 1. The minimum Gasteiger partial charge on any atom is -0.484 e. The lowest BCUT2D eigenvalue weighted by Gasteiger charge is -2.09. The van der Waals surface area contributed by atoms with Gasteiger partial charge in [0.2, 0.25) is 5.91 Å². The van der Waals surface area contributed by atoms with Crippen LogP contribution in [0.2, 0.25) is 0 Å². The van der Waals surface area contributed by atoms with Gasteiger partial charge in [0.15, 0.2) is 6.61 Å².